The van der Waals surface area contributed by atoms with Crippen LogP contribution < -0.4 is 20.1 Å². The molecule has 1 aromatic heterocycles. The minimum atomic E-state index is 0.415. The van der Waals surface area contributed by atoms with E-state index in [1.807, 2.05) is 25.1 Å². The molecular weight excluding hydrogens is 310 g/mol. The van der Waals surface area contributed by atoms with E-state index < -0.39 is 0 Å². The van der Waals surface area contributed by atoms with Crippen molar-refractivity contribution in [3.63, 3.8) is 0 Å². The third-order valence-electron chi connectivity index (χ3n) is 3.19. The number of aromatic nitrogens is 2. The van der Waals surface area contributed by atoms with Crippen molar-refractivity contribution in [2.45, 2.75) is 26.9 Å². The number of hydrogen-bond donors (Lipinski definition) is 2. The van der Waals surface area contributed by atoms with Crippen LogP contribution in [0.3, 0.4) is 0 Å². The van der Waals surface area contributed by atoms with Crippen molar-refractivity contribution in [1.29, 1.82) is 0 Å². The zero-order valence-electron chi connectivity index (χ0n) is 14.4. The number of methoxy groups -OCH3 is 2. The van der Waals surface area contributed by atoms with E-state index in [1.165, 1.54) is 0 Å². The zero-order valence-corrected chi connectivity index (χ0v) is 14.4. The topological polar surface area (TPSA) is 93.8 Å². The van der Waals surface area contributed by atoms with E-state index in [0.29, 0.717) is 42.3 Å². The van der Waals surface area contributed by atoms with E-state index in [1.54, 1.807) is 21.1 Å². The monoisotopic (exact) mass is 333 g/mol. The summed E-state index contributed by atoms with van der Waals surface area (Å²) in [5, 5.41) is 10.1. The molecule has 0 aliphatic heterocycles. The second kappa shape index (κ2) is 8.76. The Bertz CT molecular complexity index is 684. The molecule has 0 spiro atoms. The van der Waals surface area contributed by atoms with Gasteiger partial charge in [0.15, 0.2) is 23.3 Å². The van der Waals surface area contributed by atoms with Crippen molar-refractivity contribution in [1.82, 2.24) is 20.8 Å². The molecule has 0 unspecified atom stereocenters. The van der Waals surface area contributed by atoms with E-state index >= 15 is 0 Å². The lowest BCUT2D eigenvalue weighted by Crippen LogP contribution is -2.36. The smallest absolute Gasteiger partial charge is 0.246 e. The fraction of sp³-hybridized carbons (Fsp3) is 0.438. The van der Waals surface area contributed by atoms with Gasteiger partial charge in [-0.1, -0.05) is 11.2 Å². The largest absolute Gasteiger partial charge is 0.493 e. The van der Waals surface area contributed by atoms with Gasteiger partial charge in [0, 0.05) is 6.54 Å². The Kier molecular flexibility index (Phi) is 6.41. The normalized spacial score (nSPS) is 11.2. The Morgan fingerprint density at radius 3 is 2.62 bits per heavy atom. The molecule has 24 heavy (non-hydrogen) atoms. The number of ether oxygens (including phenoxy) is 2. The van der Waals surface area contributed by atoms with Gasteiger partial charge in [-0.25, -0.2) is 4.99 Å². The Morgan fingerprint density at radius 1 is 1.21 bits per heavy atom. The molecule has 0 saturated heterocycles. The van der Waals surface area contributed by atoms with Crippen molar-refractivity contribution in [3.05, 3.63) is 35.5 Å². The number of nitrogens with zero attached hydrogens (tertiary/aromatic N) is 3. The molecule has 2 N–H and O–H groups in total. The summed E-state index contributed by atoms with van der Waals surface area (Å²) in [5.74, 6) is 3.18. The summed E-state index contributed by atoms with van der Waals surface area (Å²) < 4.78 is 15.6. The van der Waals surface area contributed by atoms with Crippen LogP contribution in [0.4, 0.5) is 0 Å². The lowest BCUT2D eigenvalue weighted by atomic mass is 10.2. The van der Waals surface area contributed by atoms with Gasteiger partial charge in [-0.2, -0.15) is 4.98 Å². The third kappa shape index (κ3) is 4.87. The maximum Gasteiger partial charge on any atom is 0.246 e. The van der Waals surface area contributed by atoms with Gasteiger partial charge in [0.05, 0.1) is 27.3 Å². The molecule has 2 rings (SSSR count). The molecule has 2 aromatic rings. The fourth-order valence-electron chi connectivity index (χ4n) is 2.06. The van der Waals surface area contributed by atoms with Crippen molar-refractivity contribution >= 4 is 5.96 Å². The van der Waals surface area contributed by atoms with Crippen LogP contribution in [0, 0.1) is 6.92 Å². The fourth-order valence-corrected chi connectivity index (χ4v) is 2.06. The summed E-state index contributed by atoms with van der Waals surface area (Å²) in [6, 6.07) is 5.73. The van der Waals surface area contributed by atoms with Crippen molar-refractivity contribution in [3.8, 4) is 11.5 Å². The van der Waals surface area contributed by atoms with Gasteiger partial charge in [0.1, 0.15) is 0 Å². The quantitative estimate of drug-likeness (QED) is 0.588. The van der Waals surface area contributed by atoms with Gasteiger partial charge in [-0.15, -0.1) is 0 Å². The first kappa shape index (κ1) is 17.6. The molecule has 0 bridgehead atoms. The molecule has 8 heteroatoms. The second-order valence-corrected chi connectivity index (χ2v) is 4.97. The molecule has 130 valence electrons. The Balaban J connectivity index is 2.02. The summed E-state index contributed by atoms with van der Waals surface area (Å²) in [6.07, 6.45) is 0. The average molecular weight is 333 g/mol. The summed E-state index contributed by atoms with van der Waals surface area (Å²) >= 11 is 0. The van der Waals surface area contributed by atoms with Gasteiger partial charge in [0.2, 0.25) is 5.89 Å². The van der Waals surface area contributed by atoms with Crippen LogP contribution in [-0.2, 0) is 13.1 Å². The first-order valence-corrected chi connectivity index (χ1v) is 7.68. The van der Waals surface area contributed by atoms with Crippen LogP contribution >= 0.6 is 0 Å². The Labute approximate surface area is 141 Å². The standard InChI is InChI=1S/C16H23N5O3/c1-5-17-16(19-10-15-20-11(2)21-24-15)18-9-12-6-7-13(22-3)14(8-12)23-4/h6-8H,5,9-10H2,1-4H3,(H2,17,18,19). The highest BCUT2D eigenvalue weighted by Crippen LogP contribution is 2.27. The highest BCUT2D eigenvalue weighted by Gasteiger charge is 2.06. The van der Waals surface area contributed by atoms with Gasteiger partial charge >= 0.3 is 0 Å². The zero-order chi connectivity index (χ0) is 17.4. The minimum Gasteiger partial charge on any atom is -0.493 e. The summed E-state index contributed by atoms with van der Waals surface area (Å²) in [7, 11) is 3.23. The molecule has 1 heterocycles. The van der Waals surface area contributed by atoms with Gasteiger partial charge in [0.25, 0.3) is 0 Å². The molecule has 0 saturated carbocycles. The lowest BCUT2D eigenvalue weighted by Gasteiger charge is -2.11. The molecule has 0 aliphatic carbocycles. The SMILES string of the molecule is CCNC(=NCc1ccc(OC)c(OC)c1)NCc1nc(C)no1. The van der Waals surface area contributed by atoms with Gasteiger partial charge in [-0.05, 0) is 31.5 Å². The molecule has 8 nitrogen and oxygen atoms in total. The number of aryl methyl sites for hydroxylation is 1. The molecule has 0 radical (unpaired) electrons. The summed E-state index contributed by atoms with van der Waals surface area (Å²) in [4.78, 5) is 8.69. The first-order valence-electron chi connectivity index (χ1n) is 7.68. The predicted molar refractivity (Wildman–Crippen MR) is 90.2 cm³/mol. The van der Waals surface area contributed by atoms with Crippen molar-refractivity contribution in [2.75, 3.05) is 20.8 Å². The number of guanidine groups is 1. The highest BCUT2D eigenvalue weighted by molar-refractivity contribution is 5.79. The summed E-state index contributed by atoms with van der Waals surface area (Å²) in [5.41, 5.74) is 1.01. The predicted octanol–water partition coefficient (Wildman–Crippen LogP) is 1.65. The van der Waals surface area contributed by atoms with Crippen LogP contribution in [0.2, 0.25) is 0 Å². The highest BCUT2D eigenvalue weighted by atomic mass is 16.5. The van der Waals surface area contributed by atoms with Gasteiger partial charge < -0.3 is 24.6 Å². The van der Waals surface area contributed by atoms with Crippen LogP contribution in [0.25, 0.3) is 0 Å². The maximum atomic E-state index is 5.31. The van der Waals surface area contributed by atoms with Crippen LogP contribution in [0.1, 0.15) is 24.2 Å². The number of nitrogens with one attached hydrogen (secondary N) is 2. The van der Waals surface area contributed by atoms with E-state index in [0.717, 1.165) is 12.1 Å². The minimum absolute atomic E-state index is 0.415. The molecule has 0 aliphatic rings. The number of hydrogen-bond acceptors (Lipinski definition) is 6. The first-order chi connectivity index (χ1) is 11.7. The second-order valence-electron chi connectivity index (χ2n) is 4.97. The average Bonchev–Trinajstić information content (AvgIpc) is 3.02. The van der Waals surface area contributed by atoms with Crippen molar-refractivity contribution < 1.29 is 14.0 Å². The third-order valence-corrected chi connectivity index (χ3v) is 3.19. The van der Waals surface area contributed by atoms with E-state index in [9.17, 15) is 0 Å². The number of aliphatic imine (C=N–C) groups is 1. The van der Waals surface area contributed by atoms with Gasteiger partial charge in [-0.3, -0.25) is 0 Å². The molecule has 0 amide bonds. The maximum absolute atomic E-state index is 5.31. The van der Waals surface area contributed by atoms with E-state index in [2.05, 4.69) is 25.8 Å². The number of benzene rings is 1. The Morgan fingerprint density at radius 2 is 2.00 bits per heavy atom. The van der Waals surface area contributed by atoms with Crippen LogP contribution in [0.5, 0.6) is 11.5 Å². The molecule has 0 fully saturated rings. The lowest BCUT2D eigenvalue weighted by molar-refractivity contribution is 0.354. The Hall–Kier alpha value is -2.77. The number of rotatable bonds is 7. The molecule has 0 atom stereocenters. The molecular formula is C16H23N5O3. The molecule has 1 aromatic carbocycles. The van der Waals surface area contributed by atoms with Crippen LogP contribution in [-0.4, -0.2) is 36.9 Å². The van der Waals surface area contributed by atoms with Crippen molar-refractivity contribution in [2.24, 2.45) is 4.99 Å². The van der Waals surface area contributed by atoms with E-state index in [4.69, 9.17) is 14.0 Å². The summed E-state index contributed by atoms with van der Waals surface area (Å²) in [6.45, 7) is 5.45. The van der Waals surface area contributed by atoms with Crippen LogP contribution in [0.15, 0.2) is 27.7 Å². The van der Waals surface area contributed by atoms with E-state index in [-0.39, 0.29) is 0 Å².